The van der Waals surface area contributed by atoms with Crippen LogP contribution in [0.1, 0.15) is 0 Å². The maximum Gasteiger partial charge on any atom is 0.186 e. The molecule has 0 saturated carbocycles. The smallest absolute Gasteiger partial charge is 0.186 e. The van der Waals surface area contributed by atoms with Crippen LogP contribution in [0.25, 0.3) is 0 Å². The molecule has 0 fully saturated rings. The van der Waals surface area contributed by atoms with Gasteiger partial charge in [0.15, 0.2) is 12.0 Å². The van der Waals surface area contributed by atoms with Gasteiger partial charge in [-0.25, -0.2) is 4.39 Å². The van der Waals surface area contributed by atoms with Crippen LogP contribution in [-0.4, -0.2) is 25.3 Å². The molecular weight excluding hydrogens is 197 g/mol. The normalized spacial score (nSPS) is 11.0. The predicted octanol–water partition coefficient (Wildman–Crippen LogP) is 1.81. The first kappa shape index (κ1) is 11.2. The summed E-state index contributed by atoms with van der Waals surface area (Å²) in [5, 5.41) is 0. The molecular formula is C11H12FNO2. The lowest BCUT2D eigenvalue weighted by molar-refractivity contribution is -0.106. The number of allylic oxidation sites excluding steroid dienone is 1. The highest BCUT2D eigenvalue weighted by Crippen LogP contribution is 2.13. The zero-order valence-corrected chi connectivity index (χ0v) is 8.61. The monoisotopic (exact) mass is 209 g/mol. The van der Waals surface area contributed by atoms with Crippen molar-refractivity contribution in [3.8, 4) is 5.75 Å². The number of carbonyl (C=O) groups excluding carboxylic acids is 1. The number of carbonyl (C=O) groups is 1. The van der Waals surface area contributed by atoms with Gasteiger partial charge in [0.25, 0.3) is 0 Å². The summed E-state index contributed by atoms with van der Waals surface area (Å²) in [6, 6.07) is 5.46. The van der Waals surface area contributed by atoms with Crippen molar-refractivity contribution in [2.24, 2.45) is 0 Å². The first-order valence-electron chi connectivity index (χ1n) is 4.38. The van der Waals surface area contributed by atoms with Gasteiger partial charge in [-0.2, -0.15) is 0 Å². The van der Waals surface area contributed by atoms with E-state index < -0.39 is 0 Å². The molecule has 1 rings (SSSR count). The van der Waals surface area contributed by atoms with Gasteiger partial charge in [-0.1, -0.05) is 0 Å². The van der Waals surface area contributed by atoms with Crippen molar-refractivity contribution in [1.29, 1.82) is 0 Å². The average Bonchev–Trinajstić information content (AvgIpc) is 2.19. The molecule has 0 amide bonds. The SMILES string of the molecule is CN(C)/C=C(\C=O)Oc1ccc(F)cc1. The van der Waals surface area contributed by atoms with E-state index in [1.165, 1.54) is 30.5 Å². The van der Waals surface area contributed by atoms with Gasteiger partial charge in [0.2, 0.25) is 0 Å². The van der Waals surface area contributed by atoms with Crippen molar-refractivity contribution in [2.45, 2.75) is 0 Å². The highest BCUT2D eigenvalue weighted by Gasteiger charge is 2.00. The third-order valence-electron chi connectivity index (χ3n) is 1.55. The molecule has 0 aliphatic rings. The van der Waals surface area contributed by atoms with E-state index in [9.17, 15) is 9.18 Å². The van der Waals surface area contributed by atoms with E-state index in [2.05, 4.69) is 0 Å². The second-order valence-corrected chi connectivity index (χ2v) is 3.17. The quantitative estimate of drug-likeness (QED) is 0.430. The molecule has 0 unspecified atom stereocenters. The molecule has 0 aliphatic carbocycles. The van der Waals surface area contributed by atoms with Gasteiger partial charge in [0, 0.05) is 20.3 Å². The number of halogens is 1. The van der Waals surface area contributed by atoms with Gasteiger partial charge in [0.05, 0.1) is 0 Å². The lowest BCUT2D eigenvalue weighted by Crippen LogP contribution is -2.07. The Bertz CT molecular complexity index is 357. The average molecular weight is 209 g/mol. The molecule has 0 aliphatic heterocycles. The molecule has 0 heterocycles. The Morgan fingerprint density at radius 2 is 1.93 bits per heavy atom. The molecule has 0 aromatic heterocycles. The highest BCUT2D eigenvalue weighted by atomic mass is 19.1. The van der Waals surface area contributed by atoms with Gasteiger partial charge >= 0.3 is 0 Å². The van der Waals surface area contributed by atoms with Crippen molar-refractivity contribution >= 4 is 6.29 Å². The van der Waals surface area contributed by atoms with Crippen LogP contribution >= 0.6 is 0 Å². The van der Waals surface area contributed by atoms with Crippen molar-refractivity contribution in [2.75, 3.05) is 14.1 Å². The minimum absolute atomic E-state index is 0.173. The Hall–Kier alpha value is -1.84. The number of aldehydes is 1. The van der Waals surface area contributed by atoms with Crippen LogP contribution in [0, 0.1) is 5.82 Å². The molecule has 0 bridgehead atoms. The van der Waals surface area contributed by atoms with Crippen LogP contribution in [-0.2, 0) is 4.79 Å². The second kappa shape index (κ2) is 5.14. The van der Waals surface area contributed by atoms with Crippen LogP contribution < -0.4 is 4.74 Å². The molecule has 0 spiro atoms. The third-order valence-corrected chi connectivity index (χ3v) is 1.55. The standard InChI is InChI=1S/C11H12FNO2/c1-13(2)7-11(8-14)15-10-5-3-9(12)4-6-10/h3-8H,1-2H3/b11-7+. The Morgan fingerprint density at radius 1 is 1.33 bits per heavy atom. The van der Waals surface area contributed by atoms with E-state index >= 15 is 0 Å². The summed E-state index contributed by atoms with van der Waals surface area (Å²) in [4.78, 5) is 12.3. The molecule has 3 nitrogen and oxygen atoms in total. The zero-order chi connectivity index (χ0) is 11.3. The number of rotatable bonds is 4. The Kier molecular flexibility index (Phi) is 3.85. The zero-order valence-electron chi connectivity index (χ0n) is 8.61. The number of hydrogen-bond acceptors (Lipinski definition) is 3. The molecule has 1 aromatic carbocycles. The number of hydrogen-bond donors (Lipinski definition) is 0. The lowest BCUT2D eigenvalue weighted by atomic mass is 10.3. The van der Waals surface area contributed by atoms with Crippen molar-refractivity contribution in [3.63, 3.8) is 0 Å². The van der Waals surface area contributed by atoms with Crippen LogP contribution in [0.15, 0.2) is 36.2 Å². The topological polar surface area (TPSA) is 29.5 Å². The molecule has 80 valence electrons. The van der Waals surface area contributed by atoms with Crippen LogP contribution in [0.2, 0.25) is 0 Å². The summed E-state index contributed by atoms with van der Waals surface area (Å²) in [6.45, 7) is 0. The van der Waals surface area contributed by atoms with Crippen LogP contribution in [0.4, 0.5) is 4.39 Å². The maximum atomic E-state index is 12.6. The predicted molar refractivity (Wildman–Crippen MR) is 54.9 cm³/mol. The summed E-state index contributed by atoms with van der Waals surface area (Å²) in [5.41, 5.74) is 0. The Labute approximate surface area is 87.8 Å². The van der Waals surface area contributed by atoms with Gasteiger partial charge < -0.3 is 9.64 Å². The van der Waals surface area contributed by atoms with E-state index in [1.807, 2.05) is 0 Å². The van der Waals surface area contributed by atoms with E-state index in [-0.39, 0.29) is 11.6 Å². The minimum Gasteiger partial charge on any atom is -0.452 e. The summed E-state index contributed by atoms with van der Waals surface area (Å²) < 4.78 is 17.8. The van der Waals surface area contributed by atoms with Crippen molar-refractivity contribution < 1.29 is 13.9 Å². The van der Waals surface area contributed by atoms with E-state index in [0.717, 1.165) is 0 Å². The first-order chi connectivity index (χ1) is 7.11. The van der Waals surface area contributed by atoms with Gasteiger partial charge in [-0.15, -0.1) is 0 Å². The summed E-state index contributed by atoms with van der Waals surface area (Å²) >= 11 is 0. The highest BCUT2D eigenvalue weighted by molar-refractivity contribution is 5.70. The first-order valence-corrected chi connectivity index (χ1v) is 4.38. The van der Waals surface area contributed by atoms with Crippen molar-refractivity contribution in [1.82, 2.24) is 4.90 Å². The number of benzene rings is 1. The fourth-order valence-corrected chi connectivity index (χ4v) is 0.974. The largest absolute Gasteiger partial charge is 0.452 e. The molecule has 4 heteroatoms. The fraction of sp³-hybridized carbons (Fsp3) is 0.182. The number of nitrogens with zero attached hydrogens (tertiary/aromatic N) is 1. The molecule has 15 heavy (non-hydrogen) atoms. The van der Waals surface area contributed by atoms with Gasteiger partial charge in [-0.3, -0.25) is 4.79 Å². The maximum absolute atomic E-state index is 12.6. The van der Waals surface area contributed by atoms with Crippen LogP contribution in [0.5, 0.6) is 5.75 Å². The van der Waals surface area contributed by atoms with E-state index in [1.54, 1.807) is 19.0 Å². The third kappa shape index (κ3) is 3.81. The minimum atomic E-state index is -0.341. The van der Waals surface area contributed by atoms with Gasteiger partial charge in [-0.05, 0) is 24.3 Å². The molecule has 0 saturated heterocycles. The lowest BCUT2D eigenvalue weighted by Gasteiger charge is -2.08. The van der Waals surface area contributed by atoms with E-state index in [0.29, 0.717) is 12.0 Å². The molecule has 1 aromatic rings. The molecule has 0 radical (unpaired) electrons. The van der Waals surface area contributed by atoms with Crippen LogP contribution in [0.3, 0.4) is 0 Å². The summed E-state index contributed by atoms with van der Waals surface area (Å²) in [5.74, 6) is 0.259. The fourth-order valence-electron chi connectivity index (χ4n) is 0.974. The molecule has 0 atom stereocenters. The summed E-state index contributed by atoms with van der Waals surface area (Å²) in [6.07, 6.45) is 2.14. The van der Waals surface area contributed by atoms with E-state index in [4.69, 9.17) is 4.74 Å². The summed E-state index contributed by atoms with van der Waals surface area (Å²) in [7, 11) is 3.55. The Morgan fingerprint density at radius 3 is 2.40 bits per heavy atom. The van der Waals surface area contributed by atoms with Gasteiger partial charge in [0.1, 0.15) is 11.6 Å². The number of ether oxygens (including phenoxy) is 1. The second-order valence-electron chi connectivity index (χ2n) is 3.17. The Balaban J connectivity index is 2.75. The van der Waals surface area contributed by atoms with Crippen molar-refractivity contribution in [3.05, 3.63) is 42.0 Å². The molecule has 0 N–H and O–H groups in total.